The number of phenolic OH excluding ortho intramolecular Hbond substituents is 1. The van der Waals surface area contributed by atoms with E-state index in [0.29, 0.717) is 11.1 Å². The molecule has 0 saturated carbocycles. The minimum atomic E-state index is -1.28. The molecule has 3 aromatic carbocycles. The van der Waals surface area contributed by atoms with Gasteiger partial charge in [0.15, 0.2) is 0 Å². The summed E-state index contributed by atoms with van der Waals surface area (Å²) in [7, 11) is 0. The predicted octanol–water partition coefficient (Wildman–Crippen LogP) is 6.13. The predicted molar refractivity (Wildman–Crippen MR) is 122 cm³/mol. The Hall–Kier alpha value is -3.16. The number of hydrogen-bond donors (Lipinski definition) is 3. The molecule has 0 aliphatic rings. The number of amides is 1. The molecule has 0 heterocycles. The fraction of sp³-hybridized carbons (Fsp3) is 0.167. The van der Waals surface area contributed by atoms with Crippen molar-refractivity contribution in [3.05, 3.63) is 92.5 Å². The first-order valence-corrected chi connectivity index (χ1v) is 10.6. The van der Waals surface area contributed by atoms with Gasteiger partial charge in [0, 0.05) is 33.6 Å². The molecular formula is C24H19Cl2F2NO4. The van der Waals surface area contributed by atoms with E-state index in [4.69, 9.17) is 28.3 Å². The minimum absolute atomic E-state index is 0.00370. The largest absolute Gasteiger partial charge is 0.508 e. The van der Waals surface area contributed by atoms with Crippen molar-refractivity contribution >= 4 is 40.8 Å². The summed E-state index contributed by atoms with van der Waals surface area (Å²) in [5, 5.41) is 21.7. The van der Waals surface area contributed by atoms with Gasteiger partial charge in [-0.25, -0.2) is 8.78 Å². The third-order valence-corrected chi connectivity index (χ3v) is 5.82. The summed E-state index contributed by atoms with van der Waals surface area (Å²) in [6.07, 6.45) is -0.721. The second kappa shape index (κ2) is 10.2. The number of halogens is 4. The molecule has 9 heteroatoms. The lowest BCUT2D eigenvalue weighted by Crippen LogP contribution is -2.16. The second-order valence-electron chi connectivity index (χ2n) is 7.46. The van der Waals surface area contributed by atoms with Crippen LogP contribution in [0.2, 0.25) is 10.0 Å². The van der Waals surface area contributed by atoms with E-state index in [2.05, 4.69) is 5.32 Å². The zero-order valence-corrected chi connectivity index (χ0v) is 18.8. The van der Waals surface area contributed by atoms with Crippen LogP contribution in [0.25, 0.3) is 0 Å². The first-order valence-electron chi connectivity index (χ1n) is 9.82. The number of carboxylic acids is 1. The summed E-state index contributed by atoms with van der Waals surface area (Å²) in [5.41, 5.74) is 1.50. The van der Waals surface area contributed by atoms with E-state index in [1.165, 1.54) is 48.5 Å². The molecule has 3 rings (SSSR count). The van der Waals surface area contributed by atoms with Crippen molar-refractivity contribution in [2.24, 2.45) is 0 Å². The third-order valence-electron chi connectivity index (χ3n) is 5.14. The van der Waals surface area contributed by atoms with Gasteiger partial charge in [-0.2, -0.15) is 0 Å². The first kappa shape index (κ1) is 24.5. The van der Waals surface area contributed by atoms with Gasteiger partial charge in [-0.1, -0.05) is 48.3 Å². The summed E-state index contributed by atoms with van der Waals surface area (Å²) < 4.78 is 28.7. The Morgan fingerprint density at radius 3 is 2.21 bits per heavy atom. The lowest BCUT2D eigenvalue weighted by molar-refractivity contribution is -0.139. The molecule has 5 nitrogen and oxygen atoms in total. The molecule has 0 aliphatic heterocycles. The number of phenols is 1. The van der Waals surface area contributed by atoms with Gasteiger partial charge in [0.2, 0.25) is 5.91 Å². The highest BCUT2D eigenvalue weighted by Crippen LogP contribution is 2.37. The molecule has 33 heavy (non-hydrogen) atoms. The third kappa shape index (κ3) is 5.80. The standard InChI is InChI=1S/C24H19Cl2F2NO4/c1-12(13-2-5-15(27)6-3-13)23-20(30)7-4-14(24(23)28)8-17-18(25)9-16(10-19(17)26)29-21(31)11-22(32)33/h2-7,9-10,12,30H,8,11H2,1H3,(H,29,31)(H,32,33). The number of hydrogen-bond acceptors (Lipinski definition) is 3. The molecule has 0 fully saturated rings. The summed E-state index contributed by atoms with van der Waals surface area (Å²) in [6, 6.07) is 11.2. The molecule has 1 unspecified atom stereocenters. The van der Waals surface area contributed by atoms with E-state index < -0.39 is 35.8 Å². The number of anilines is 1. The van der Waals surface area contributed by atoms with Gasteiger partial charge in [0.1, 0.15) is 23.8 Å². The van der Waals surface area contributed by atoms with Crippen LogP contribution in [-0.4, -0.2) is 22.1 Å². The number of aliphatic carboxylic acids is 1. The monoisotopic (exact) mass is 493 g/mol. The van der Waals surface area contributed by atoms with E-state index in [1.807, 2.05) is 0 Å². The smallest absolute Gasteiger partial charge is 0.312 e. The van der Waals surface area contributed by atoms with E-state index in [1.54, 1.807) is 6.92 Å². The highest BCUT2D eigenvalue weighted by Gasteiger charge is 2.22. The second-order valence-corrected chi connectivity index (χ2v) is 8.27. The van der Waals surface area contributed by atoms with Gasteiger partial charge < -0.3 is 15.5 Å². The fourth-order valence-corrected chi connectivity index (χ4v) is 4.09. The minimum Gasteiger partial charge on any atom is -0.508 e. The Labute approximate surface area is 198 Å². The maximum absolute atomic E-state index is 15.4. The maximum Gasteiger partial charge on any atom is 0.312 e. The Morgan fingerprint density at radius 2 is 1.64 bits per heavy atom. The molecule has 0 saturated heterocycles. The van der Waals surface area contributed by atoms with Crippen molar-refractivity contribution in [1.82, 2.24) is 0 Å². The van der Waals surface area contributed by atoms with Gasteiger partial charge in [-0.15, -0.1) is 0 Å². The molecule has 1 amide bonds. The van der Waals surface area contributed by atoms with Crippen LogP contribution in [0.5, 0.6) is 5.75 Å². The van der Waals surface area contributed by atoms with Crippen LogP contribution >= 0.6 is 23.2 Å². The van der Waals surface area contributed by atoms with Crippen LogP contribution in [0.3, 0.4) is 0 Å². The van der Waals surface area contributed by atoms with Gasteiger partial charge >= 0.3 is 5.97 Å². The van der Waals surface area contributed by atoms with E-state index in [9.17, 15) is 19.1 Å². The van der Waals surface area contributed by atoms with Crippen LogP contribution in [-0.2, 0) is 16.0 Å². The normalized spacial score (nSPS) is 11.8. The van der Waals surface area contributed by atoms with Gasteiger partial charge in [0.05, 0.1) is 0 Å². The average Bonchev–Trinajstić information content (AvgIpc) is 2.72. The maximum atomic E-state index is 15.4. The molecule has 172 valence electrons. The van der Waals surface area contributed by atoms with Crippen molar-refractivity contribution in [1.29, 1.82) is 0 Å². The van der Waals surface area contributed by atoms with Crippen molar-refractivity contribution in [3.8, 4) is 5.75 Å². The van der Waals surface area contributed by atoms with Crippen molar-refractivity contribution < 1.29 is 28.6 Å². The Kier molecular flexibility index (Phi) is 7.56. The molecular weight excluding hydrogens is 475 g/mol. The number of aromatic hydroxyl groups is 1. The van der Waals surface area contributed by atoms with Crippen LogP contribution in [0, 0.1) is 11.6 Å². The lowest BCUT2D eigenvalue weighted by atomic mass is 9.89. The van der Waals surface area contributed by atoms with Gasteiger partial charge in [-0.3, -0.25) is 9.59 Å². The Morgan fingerprint density at radius 1 is 1.03 bits per heavy atom. The number of rotatable bonds is 7. The van der Waals surface area contributed by atoms with E-state index in [-0.39, 0.29) is 39.0 Å². The molecule has 3 N–H and O–H groups in total. The number of carbonyl (C=O) groups excluding carboxylic acids is 1. The van der Waals surface area contributed by atoms with Gasteiger partial charge in [0.25, 0.3) is 0 Å². The van der Waals surface area contributed by atoms with Crippen molar-refractivity contribution in [3.63, 3.8) is 0 Å². The fourth-order valence-electron chi connectivity index (χ4n) is 3.47. The Bertz CT molecular complexity index is 1190. The van der Waals surface area contributed by atoms with Gasteiger partial charge in [-0.05, 0) is 47.0 Å². The molecule has 3 aromatic rings. The highest BCUT2D eigenvalue weighted by atomic mass is 35.5. The summed E-state index contributed by atoms with van der Waals surface area (Å²) in [4.78, 5) is 22.3. The van der Waals surface area contributed by atoms with E-state index >= 15 is 4.39 Å². The zero-order chi connectivity index (χ0) is 24.3. The van der Waals surface area contributed by atoms with Crippen LogP contribution in [0.1, 0.15) is 41.5 Å². The molecule has 0 aliphatic carbocycles. The van der Waals surface area contributed by atoms with Crippen LogP contribution in [0.15, 0.2) is 48.5 Å². The Balaban J connectivity index is 1.91. The first-order chi connectivity index (χ1) is 15.6. The summed E-state index contributed by atoms with van der Waals surface area (Å²) >= 11 is 12.6. The average molecular weight is 494 g/mol. The number of nitrogens with one attached hydrogen (secondary N) is 1. The van der Waals surface area contributed by atoms with Crippen LogP contribution in [0.4, 0.5) is 14.5 Å². The quantitative estimate of drug-likeness (QED) is 0.345. The summed E-state index contributed by atoms with van der Waals surface area (Å²) in [6.45, 7) is 1.70. The zero-order valence-electron chi connectivity index (χ0n) is 17.3. The number of carbonyl (C=O) groups is 2. The van der Waals surface area contributed by atoms with E-state index in [0.717, 1.165) is 0 Å². The lowest BCUT2D eigenvalue weighted by Gasteiger charge is -2.18. The molecule has 0 radical (unpaired) electrons. The van der Waals surface area contributed by atoms with Crippen LogP contribution < -0.4 is 5.32 Å². The topological polar surface area (TPSA) is 86.6 Å². The molecule has 0 spiro atoms. The molecule has 1 atom stereocenters. The SMILES string of the molecule is CC(c1ccc(F)cc1)c1c(O)ccc(Cc2c(Cl)cc(NC(=O)CC(=O)O)cc2Cl)c1F. The summed E-state index contributed by atoms with van der Waals surface area (Å²) in [5.74, 6) is -3.87. The molecule has 0 aromatic heterocycles. The highest BCUT2D eigenvalue weighted by molar-refractivity contribution is 6.36. The van der Waals surface area contributed by atoms with Crippen molar-refractivity contribution in [2.75, 3.05) is 5.32 Å². The number of benzene rings is 3. The molecule has 0 bridgehead atoms. The van der Waals surface area contributed by atoms with Crippen molar-refractivity contribution in [2.45, 2.75) is 25.7 Å². The number of carboxylic acid groups (broad SMARTS) is 1.